The van der Waals surface area contributed by atoms with Crippen molar-refractivity contribution in [3.05, 3.63) is 47.2 Å². The normalized spacial score (nSPS) is 21.0. The molecular weight excluding hydrogens is 375 g/mol. The molecule has 4 rings (SSSR count). The lowest BCUT2D eigenvalue weighted by Crippen LogP contribution is -2.55. The van der Waals surface area contributed by atoms with E-state index in [1.54, 1.807) is 10.9 Å². The number of nitrogens with zero attached hydrogens (tertiary/aromatic N) is 2. The van der Waals surface area contributed by atoms with Gasteiger partial charge in [-0.05, 0) is 38.1 Å². The highest BCUT2D eigenvalue weighted by molar-refractivity contribution is 6.32. The summed E-state index contributed by atoms with van der Waals surface area (Å²) in [5.41, 5.74) is 0.294. The molecule has 0 bridgehead atoms. The minimum Gasteiger partial charge on any atom is -0.492 e. The molecule has 26 heavy (non-hydrogen) atoms. The van der Waals surface area contributed by atoms with E-state index >= 15 is 0 Å². The molecule has 0 radical (unpaired) electrons. The van der Waals surface area contributed by atoms with Crippen LogP contribution in [0, 0.1) is 0 Å². The van der Waals surface area contributed by atoms with E-state index in [4.69, 9.17) is 16.3 Å². The smallest absolute Gasteiger partial charge is 0.248 e. The van der Waals surface area contributed by atoms with Gasteiger partial charge >= 0.3 is 0 Å². The topological polar surface area (TPSA) is 68.2 Å². The average Bonchev–Trinajstić information content (AvgIpc) is 3.18. The molecule has 0 aliphatic carbocycles. The monoisotopic (exact) mass is 396 g/mol. The molecule has 0 saturated carbocycles. The van der Waals surface area contributed by atoms with Crippen LogP contribution in [0.4, 0.5) is 0 Å². The summed E-state index contributed by atoms with van der Waals surface area (Å²) >= 11 is 6.24. The first-order valence-electron chi connectivity index (χ1n) is 8.64. The second kappa shape index (κ2) is 7.86. The highest BCUT2D eigenvalue weighted by Gasteiger charge is 2.43. The van der Waals surface area contributed by atoms with Crippen LogP contribution in [0.15, 0.2) is 36.7 Å². The predicted octanol–water partition coefficient (Wildman–Crippen LogP) is 2.68. The molecule has 1 unspecified atom stereocenters. The zero-order valence-electron chi connectivity index (χ0n) is 14.3. The molecule has 3 heterocycles. The maximum Gasteiger partial charge on any atom is 0.248 e. The van der Waals surface area contributed by atoms with Crippen LogP contribution in [0.2, 0.25) is 5.02 Å². The van der Waals surface area contributed by atoms with E-state index in [0.717, 1.165) is 25.1 Å². The Bertz CT molecular complexity index is 761. The first kappa shape index (κ1) is 19.0. The van der Waals surface area contributed by atoms with E-state index in [0.29, 0.717) is 30.2 Å². The molecule has 1 aromatic heterocycles. The molecule has 2 aliphatic heterocycles. The molecule has 8 heteroatoms. The van der Waals surface area contributed by atoms with Crippen molar-refractivity contribution in [1.29, 1.82) is 0 Å². The zero-order chi connectivity index (χ0) is 17.3. The number of amides is 1. The van der Waals surface area contributed by atoms with Crippen LogP contribution >= 0.6 is 24.0 Å². The van der Waals surface area contributed by atoms with Gasteiger partial charge in [0.25, 0.3) is 0 Å². The summed E-state index contributed by atoms with van der Waals surface area (Å²) in [4.78, 5) is 13.3. The van der Waals surface area contributed by atoms with Gasteiger partial charge < -0.3 is 15.4 Å². The van der Waals surface area contributed by atoms with Gasteiger partial charge in [-0.1, -0.05) is 23.7 Å². The molecule has 1 saturated heterocycles. The Morgan fingerprint density at radius 1 is 1.35 bits per heavy atom. The fourth-order valence-electron chi connectivity index (χ4n) is 3.75. The summed E-state index contributed by atoms with van der Waals surface area (Å²) in [6.45, 7) is 2.13. The first-order valence-corrected chi connectivity index (χ1v) is 9.01. The van der Waals surface area contributed by atoms with Crippen molar-refractivity contribution in [2.24, 2.45) is 0 Å². The second-order valence-corrected chi connectivity index (χ2v) is 6.96. The molecule has 2 aliphatic rings. The van der Waals surface area contributed by atoms with E-state index in [-0.39, 0.29) is 24.4 Å². The molecule has 6 nitrogen and oxygen atoms in total. The maximum atomic E-state index is 13.3. The number of piperidine rings is 1. The van der Waals surface area contributed by atoms with Crippen LogP contribution in [-0.2, 0) is 10.3 Å². The Hall–Kier alpha value is -1.76. The number of fused-ring (bicyclic) bond motifs is 1. The largest absolute Gasteiger partial charge is 0.492 e. The number of benzene rings is 1. The Kier molecular flexibility index (Phi) is 5.75. The number of halogens is 2. The summed E-state index contributed by atoms with van der Waals surface area (Å²) < 4.78 is 7.51. The van der Waals surface area contributed by atoms with Crippen LogP contribution in [0.1, 0.15) is 30.9 Å². The van der Waals surface area contributed by atoms with Gasteiger partial charge in [0.2, 0.25) is 5.91 Å². The summed E-state index contributed by atoms with van der Waals surface area (Å²) in [5, 5.41) is 11.5. The number of aromatic nitrogens is 2. The number of para-hydroxylation sites is 1. The van der Waals surface area contributed by atoms with Gasteiger partial charge in [0.15, 0.2) is 0 Å². The summed E-state index contributed by atoms with van der Waals surface area (Å²) in [6, 6.07) is 7.43. The van der Waals surface area contributed by atoms with E-state index in [1.807, 2.05) is 30.5 Å². The van der Waals surface area contributed by atoms with Crippen LogP contribution in [-0.4, -0.2) is 35.4 Å². The Morgan fingerprint density at radius 3 is 2.88 bits per heavy atom. The molecule has 140 valence electrons. The number of carbonyl (C=O) groups is 1. The third-order valence-corrected chi connectivity index (χ3v) is 5.43. The van der Waals surface area contributed by atoms with Crippen LogP contribution in [0.3, 0.4) is 0 Å². The second-order valence-electron chi connectivity index (χ2n) is 6.55. The van der Waals surface area contributed by atoms with Gasteiger partial charge in [-0.25, -0.2) is 0 Å². The summed E-state index contributed by atoms with van der Waals surface area (Å²) in [7, 11) is 0. The molecule has 1 amide bonds. The molecular formula is C18H22Cl2N4O2. The quantitative estimate of drug-likeness (QED) is 0.836. The number of ether oxygens (including phenoxy) is 1. The van der Waals surface area contributed by atoms with Crippen molar-refractivity contribution in [2.45, 2.75) is 30.8 Å². The maximum absolute atomic E-state index is 13.3. The molecule has 0 spiro atoms. The fourth-order valence-corrected chi connectivity index (χ4v) is 3.99. The lowest BCUT2D eigenvalue weighted by Gasteiger charge is -2.38. The van der Waals surface area contributed by atoms with E-state index in [1.165, 1.54) is 0 Å². The van der Waals surface area contributed by atoms with Crippen molar-refractivity contribution < 1.29 is 9.53 Å². The van der Waals surface area contributed by atoms with Gasteiger partial charge in [0.1, 0.15) is 11.3 Å². The highest BCUT2D eigenvalue weighted by atomic mass is 35.5. The Morgan fingerprint density at radius 2 is 2.15 bits per heavy atom. The average molecular weight is 397 g/mol. The molecule has 2 aromatic rings. The number of hydrogen-bond acceptors (Lipinski definition) is 4. The zero-order valence-corrected chi connectivity index (χ0v) is 15.9. The van der Waals surface area contributed by atoms with Crippen LogP contribution < -0.4 is 15.4 Å². The lowest BCUT2D eigenvalue weighted by molar-refractivity contribution is -0.133. The molecule has 1 fully saturated rings. The summed E-state index contributed by atoms with van der Waals surface area (Å²) in [5.74, 6) is 0.690. The van der Waals surface area contributed by atoms with Crippen molar-refractivity contribution >= 4 is 29.9 Å². The molecule has 2 N–H and O–H groups in total. The minimum absolute atomic E-state index is 0. The highest BCUT2D eigenvalue weighted by Crippen LogP contribution is 2.38. The number of nitrogens with one attached hydrogen (secondary N) is 2. The molecule has 1 atom stereocenters. The van der Waals surface area contributed by atoms with Crippen molar-refractivity contribution in [2.75, 3.05) is 19.7 Å². The van der Waals surface area contributed by atoms with Crippen LogP contribution in [0.25, 0.3) is 0 Å². The van der Waals surface area contributed by atoms with Gasteiger partial charge in [-0.3, -0.25) is 9.48 Å². The van der Waals surface area contributed by atoms with Gasteiger partial charge in [0.05, 0.1) is 17.7 Å². The minimum atomic E-state index is -0.647. The predicted molar refractivity (Wildman–Crippen MR) is 102 cm³/mol. The van der Waals surface area contributed by atoms with Crippen LogP contribution in [0.5, 0.6) is 5.75 Å². The number of carbonyl (C=O) groups excluding carboxylic acids is 1. The fraction of sp³-hybridized carbons (Fsp3) is 0.444. The summed E-state index contributed by atoms with van der Waals surface area (Å²) in [6.07, 6.45) is 5.76. The third-order valence-electron chi connectivity index (χ3n) is 5.13. The third kappa shape index (κ3) is 3.29. The number of rotatable bonds is 3. The molecule has 1 aromatic carbocycles. The van der Waals surface area contributed by atoms with Crippen molar-refractivity contribution in [3.63, 3.8) is 0 Å². The van der Waals surface area contributed by atoms with Gasteiger partial charge in [0, 0.05) is 24.4 Å². The van der Waals surface area contributed by atoms with Gasteiger partial charge in [-0.15, -0.1) is 12.4 Å². The van der Waals surface area contributed by atoms with Gasteiger partial charge in [-0.2, -0.15) is 5.10 Å². The SMILES string of the molecule is Cl.O=C(NC1CCOc2c(Cl)cccc21)C1(n2cccn2)CCNCC1. The Labute approximate surface area is 163 Å². The standard InChI is InChI=1S/C18H21ClN4O2.ClH/c19-14-4-1-3-13-15(5-12-25-16(13)14)22-17(24)18(6-9-20-10-7-18)23-11-2-8-21-23;/h1-4,8,11,15,20H,5-7,9-10,12H2,(H,22,24);1H. The van der Waals surface area contributed by atoms with E-state index < -0.39 is 5.54 Å². The van der Waals surface area contributed by atoms with Crippen molar-refractivity contribution in [1.82, 2.24) is 20.4 Å². The van der Waals surface area contributed by atoms with E-state index in [9.17, 15) is 4.79 Å². The first-order chi connectivity index (χ1) is 12.2. The van der Waals surface area contributed by atoms with Crippen molar-refractivity contribution in [3.8, 4) is 5.75 Å². The lowest BCUT2D eigenvalue weighted by atomic mass is 9.86. The Balaban J connectivity index is 0.00000196. The van der Waals surface area contributed by atoms with E-state index in [2.05, 4.69) is 15.7 Å². The number of hydrogen-bond donors (Lipinski definition) is 2.